The lowest BCUT2D eigenvalue weighted by atomic mass is 10.0. The minimum Gasteiger partial charge on any atom is -1.00 e. The van der Waals surface area contributed by atoms with Crippen molar-refractivity contribution in [1.29, 1.82) is 0 Å². The summed E-state index contributed by atoms with van der Waals surface area (Å²) in [5, 5.41) is 18.2. The third kappa shape index (κ3) is 18.9. The second-order valence-corrected chi connectivity index (χ2v) is 7.89. The smallest absolute Gasteiger partial charge is 0.101 e. The minimum absolute atomic E-state index is 0. The van der Waals surface area contributed by atoms with Gasteiger partial charge >= 0.3 is 0 Å². The first kappa shape index (κ1) is 28.4. The van der Waals surface area contributed by atoms with Gasteiger partial charge in [-0.15, -0.1) is 0 Å². The summed E-state index contributed by atoms with van der Waals surface area (Å²) >= 11 is 0. The molecule has 0 aliphatic heterocycles. The Balaban J connectivity index is 0. The molecule has 0 aromatic rings. The SMILES string of the molecule is CCCCCCCCCCCCCCCCC(C)[NH+](CCO)CCO.[Cl-]. The highest BCUT2D eigenvalue weighted by Gasteiger charge is 2.15. The van der Waals surface area contributed by atoms with Gasteiger partial charge in [-0.25, -0.2) is 0 Å². The van der Waals surface area contributed by atoms with Gasteiger partial charge in [-0.2, -0.15) is 0 Å². The maximum absolute atomic E-state index is 9.10. The summed E-state index contributed by atoms with van der Waals surface area (Å²) in [5.74, 6) is 0. The molecule has 0 saturated heterocycles. The first-order valence-corrected chi connectivity index (χ1v) is 11.3. The quantitative estimate of drug-likeness (QED) is 0.271. The molecule has 1 atom stereocenters. The lowest BCUT2D eigenvalue weighted by Gasteiger charge is -2.24. The molecule has 0 heterocycles. The average Bonchev–Trinajstić information content (AvgIpc) is 2.61. The maximum atomic E-state index is 9.10. The number of halogens is 1. The molecule has 0 rings (SSSR count). The Kier molecular flexibility index (Phi) is 25.3. The zero-order valence-corrected chi connectivity index (χ0v) is 18.5. The van der Waals surface area contributed by atoms with Crippen LogP contribution in [0.3, 0.4) is 0 Å². The van der Waals surface area contributed by atoms with E-state index in [1.54, 1.807) is 0 Å². The fraction of sp³-hybridized carbons (Fsp3) is 1.00. The van der Waals surface area contributed by atoms with Crippen molar-refractivity contribution in [3.05, 3.63) is 0 Å². The summed E-state index contributed by atoms with van der Waals surface area (Å²) in [6.07, 6.45) is 20.9. The monoisotopic (exact) mass is 393 g/mol. The molecule has 0 bridgehead atoms. The third-order valence-corrected chi connectivity index (χ3v) is 5.55. The molecule has 3 nitrogen and oxygen atoms in total. The lowest BCUT2D eigenvalue weighted by Crippen LogP contribution is -3.16. The van der Waals surface area contributed by atoms with E-state index in [4.69, 9.17) is 10.2 Å². The van der Waals surface area contributed by atoms with Crippen molar-refractivity contribution < 1.29 is 27.5 Å². The van der Waals surface area contributed by atoms with Crippen LogP contribution in [0.1, 0.15) is 110 Å². The molecule has 0 aromatic heterocycles. The van der Waals surface area contributed by atoms with Gasteiger partial charge in [0.1, 0.15) is 13.1 Å². The summed E-state index contributed by atoms with van der Waals surface area (Å²) < 4.78 is 0. The van der Waals surface area contributed by atoms with Crippen LogP contribution in [0.2, 0.25) is 0 Å². The summed E-state index contributed by atoms with van der Waals surface area (Å²) in [5.41, 5.74) is 0. The average molecular weight is 394 g/mol. The molecule has 160 valence electrons. The zero-order valence-electron chi connectivity index (χ0n) is 17.8. The highest BCUT2D eigenvalue weighted by molar-refractivity contribution is 4.53. The maximum Gasteiger partial charge on any atom is 0.101 e. The van der Waals surface area contributed by atoms with E-state index in [-0.39, 0.29) is 25.6 Å². The van der Waals surface area contributed by atoms with Crippen LogP contribution in [0.15, 0.2) is 0 Å². The van der Waals surface area contributed by atoms with Crippen LogP contribution in [0, 0.1) is 0 Å². The molecule has 0 aromatic carbocycles. The molecule has 0 aliphatic rings. The summed E-state index contributed by atoms with van der Waals surface area (Å²) in [4.78, 5) is 1.35. The van der Waals surface area contributed by atoms with E-state index in [1.165, 1.54) is 101 Å². The van der Waals surface area contributed by atoms with E-state index in [0.717, 1.165) is 13.1 Å². The van der Waals surface area contributed by atoms with Crippen LogP contribution in [0.4, 0.5) is 0 Å². The molecule has 0 amide bonds. The fourth-order valence-electron chi connectivity index (χ4n) is 3.75. The number of unbranched alkanes of at least 4 members (excludes halogenated alkanes) is 13. The van der Waals surface area contributed by atoms with Crippen molar-refractivity contribution in [1.82, 2.24) is 0 Å². The Hall–Kier alpha value is 0.170. The van der Waals surface area contributed by atoms with Crippen LogP contribution in [0.5, 0.6) is 0 Å². The predicted molar refractivity (Wildman–Crippen MR) is 109 cm³/mol. The molecular weight excluding hydrogens is 346 g/mol. The molecule has 4 heteroatoms. The Labute approximate surface area is 170 Å². The van der Waals surface area contributed by atoms with Gasteiger partial charge in [-0.1, -0.05) is 90.4 Å². The van der Waals surface area contributed by atoms with E-state index in [2.05, 4.69) is 13.8 Å². The topological polar surface area (TPSA) is 44.9 Å². The van der Waals surface area contributed by atoms with Gasteiger partial charge in [-0.3, -0.25) is 0 Å². The number of rotatable bonds is 20. The number of hydrogen-bond acceptors (Lipinski definition) is 2. The van der Waals surface area contributed by atoms with Crippen molar-refractivity contribution in [2.75, 3.05) is 26.3 Å². The summed E-state index contributed by atoms with van der Waals surface area (Å²) in [6, 6.07) is 0.552. The molecule has 0 spiro atoms. The molecular formula is C22H48ClNO2. The molecule has 0 fully saturated rings. The van der Waals surface area contributed by atoms with Gasteiger partial charge in [-0.05, 0) is 19.8 Å². The van der Waals surface area contributed by atoms with Gasteiger partial charge in [0.15, 0.2) is 0 Å². The highest BCUT2D eigenvalue weighted by Crippen LogP contribution is 2.13. The molecule has 0 radical (unpaired) electrons. The van der Waals surface area contributed by atoms with Gasteiger partial charge in [0.05, 0.1) is 19.3 Å². The molecule has 0 saturated carbocycles. The summed E-state index contributed by atoms with van der Waals surface area (Å²) in [6.45, 7) is 6.51. The molecule has 1 unspecified atom stereocenters. The van der Waals surface area contributed by atoms with E-state index in [1.807, 2.05) is 0 Å². The number of aliphatic hydroxyl groups excluding tert-OH is 2. The van der Waals surface area contributed by atoms with E-state index >= 15 is 0 Å². The van der Waals surface area contributed by atoms with Gasteiger partial charge in [0, 0.05) is 0 Å². The van der Waals surface area contributed by atoms with E-state index in [0.29, 0.717) is 6.04 Å². The second kappa shape index (κ2) is 23.2. The third-order valence-electron chi connectivity index (χ3n) is 5.55. The van der Waals surface area contributed by atoms with Crippen LogP contribution >= 0.6 is 0 Å². The van der Waals surface area contributed by atoms with Crippen molar-refractivity contribution in [2.45, 2.75) is 116 Å². The molecule has 26 heavy (non-hydrogen) atoms. The number of nitrogens with one attached hydrogen (secondary N) is 1. The highest BCUT2D eigenvalue weighted by atomic mass is 35.5. The fourth-order valence-corrected chi connectivity index (χ4v) is 3.75. The Morgan fingerprint density at radius 1 is 0.615 bits per heavy atom. The lowest BCUT2D eigenvalue weighted by molar-refractivity contribution is -0.924. The van der Waals surface area contributed by atoms with Crippen LogP contribution in [-0.4, -0.2) is 42.6 Å². The minimum atomic E-state index is 0. The Morgan fingerprint density at radius 2 is 0.962 bits per heavy atom. The van der Waals surface area contributed by atoms with Crippen LogP contribution < -0.4 is 17.3 Å². The van der Waals surface area contributed by atoms with Crippen molar-refractivity contribution in [3.8, 4) is 0 Å². The Bertz CT molecular complexity index is 248. The van der Waals surface area contributed by atoms with Crippen molar-refractivity contribution in [3.63, 3.8) is 0 Å². The van der Waals surface area contributed by atoms with Gasteiger partial charge in [0.25, 0.3) is 0 Å². The standard InChI is InChI=1S/C22H47NO2.ClH/c1-3-4-5-6-7-8-9-10-11-12-13-14-15-16-17-22(2)23(18-20-24)19-21-25;/h22,24-25H,3-21H2,1-2H3;1H. The van der Waals surface area contributed by atoms with Gasteiger partial charge < -0.3 is 27.5 Å². The van der Waals surface area contributed by atoms with E-state index < -0.39 is 0 Å². The van der Waals surface area contributed by atoms with Crippen molar-refractivity contribution >= 4 is 0 Å². The first-order chi connectivity index (χ1) is 12.3. The van der Waals surface area contributed by atoms with Crippen LogP contribution in [0.25, 0.3) is 0 Å². The van der Waals surface area contributed by atoms with Crippen molar-refractivity contribution in [2.24, 2.45) is 0 Å². The normalized spacial score (nSPS) is 12.3. The summed E-state index contributed by atoms with van der Waals surface area (Å²) in [7, 11) is 0. The van der Waals surface area contributed by atoms with Crippen LogP contribution in [-0.2, 0) is 0 Å². The van der Waals surface area contributed by atoms with Gasteiger partial charge in [0.2, 0.25) is 0 Å². The largest absolute Gasteiger partial charge is 1.00 e. The molecule has 3 N–H and O–H groups in total. The molecule has 0 aliphatic carbocycles. The first-order valence-electron chi connectivity index (χ1n) is 11.3. The van der Waals surface area contributed by atoms with E-state index in [9.17, 15) is 0 Å². The predicted octanol–water partition coefficient (Wildman–Crippen LogP) is 1.12. The number of hydrogen-bond donors (Lipinski definition) is 3. The number of aliphatic hydroxyl groups is 2. The zero-order chi connectivity index (χ0) is 18.6. The number of quaternary nitrogens is 1. The Morgan fingerprint density at radius 3 is 1.31 bits per heavy atom. The second-order valence-electron chi connectivity index (χ2n) is 7.89.